The summed E-state index contributed by atoms with van der Waals surface area (Å²) in [5.74, 6) is -0.0494. The Bertz CT molecular complexity index is 1480. The molecule has 3 aromatic rings. The average Bonchev–Trinajstić information content (AvgIpc) is 3.47. The van der Waals surface area contributed by atoms with Gasteiger partial charge in [0.05, 0.1) is 17.7 Å². The van der Waals surface area contributed by atoms with Gasteiger partial charge < -0.3 is 15.0 Å². The molecule has 1 atom stereocenters. The summed E-state index contributed by atoms with van der Waals surface area (Å²) in [4.78, 5) is 29.1. The highest BCUT2D eigenvalue weighted by Gasteiger charge is 2.33. The van der Waals surface area contributed by atoms with Crippen molar-refractivity contribution in [3.8, 4) is 5.75 Å². The van der Waals surface area contributed by atoms with Crippen molar-refractivity contribution in [2.24, 2.45) is 0 Å². The standard InChI is InChI=1S/C33H41N3O5S/c1-23-10-16-31(17-11-23)42(39,40)36(29-19-24(2)18-25(3)20-29)22-32(37)35(21-27-12-14-30(41-5)15-13-27)26(4)33(38)34-28-8-6-7-9-28/h10-20,26,28H,6-9,21-22H2,1-5H3,(H,34,38). The zero-order valence-corrected chi connectivity index (χ0v) is 25.9. The highest BCUT2D eigenvalue weighted by molar-refractivity contribution is 7.92. The quantitative estimate of drug-likeness (QED) is 0.327. The van der Waals surface area contributed by atoms with Crippen LogP contribution in [0.15, 0.2) is 71.6 Å². The van der Waals surface area contributed by atoms with E-state index in [-0.39, 0.29) is 23.4 Å². The fourth-order valence-corrected chi connectivity index (χ4v) is 6.76. The lowest BCUT2D eigenvalue weighted by Gasteiger charge is -2.32. The van der Waals surface area contributed by atoms with Crippen molar-refractivity contribution in [3.05, 3.63) is 89.0 Å². The number of sulfonamides is 1. The van der Waals surface area contributed by atoms with E-state index >= 15 is 0 Å². The largest absolute Gasteiger partial charge is 0.497 e. The summed E-state index contributed by atoms with van der Waals surface area (Å²) in [5, 5.41) is 3.09. The normalized spacial score (nSPS) is 14.3. The highest BCUT2D eigenvalue weighted by atomic mass is 32.2. The first-order chi connectivity index (χ1) is 20.0. The number of anilines is 1. The van der Waals surface area contributed by atoms with Gasteiger partial charge in [0.15, 0.2) is 0 Å². The Morgan fingerprint density at radius 1 is 0.905 bits per heavy atom. The highest BCUT2D eigenvalue weighted by Crippen LogP contribution is 2.27. The zero-order chi connectivity index (χ0) is 30.4. The monoisotopic (exact) mass is 591 g/mol. The lowest BCUT2D eigenvalue weighted by molar-refractivity contribution is -0.139. The third-order valence-electron chi connectivity index (χ3n) is 7.76. The Morgan fingerprint density at radius 3 is 2.07 bits per heavy atom. The van der Waals surface area contributed by atoms with Gasteiger partial charge in [-0.3, -0.25) is 13.9 Å². The van der Waals surface area contributed by atoms with E-state index in [1.165, 1.54) is 4.90 Å². The molecule has 2 amide bonds. The van der Waals surface area contributed by atoms with E-state index < -0.39 is 28.5 Å². The second kappa shape index (κ2) is 13.4. The summed E-state index contributed by atoms with van der Waals surface area (Å²) in [6.45, 7) is 7.03. The SMILES string of the molecule is COc1ccc(CN(C(=O)CN(c2cc(C)cc(C)c2)S(=O)(=O)c2ccc(C)cc2)C(C)C(=O)NC2CCCC2)cc1. The zero-order valence-electron chi connectivity index (χ0n) is 25.1. The van der Waals surface area contributed by atoms with Crippen molar-refractivity contribution in [3.63, 3.8) is 0 Å². The molecule has 4 rings (SSSR count). The van der Waals surface area contributed by atoms with Crippen LogP contribution in [0.4, 0.5) is 5.69 Å². The van der Waals surface area contributed by atoms with Crippen LogP contribution in [0.5, 0.6) is 5.75 Å². The van der Waals surface area contributed by atoms with E-state index in [1.807, 2.05) is 39.0 Å². The number of carbonyl (C=O) groups excluding carboxylic acids is 2. The molecule has 1 unspecified atom stereocenters. The Labute approximate surface area is 249 Å². The molecule has 1 fully saturated rings. The molecule has 0 aliphatic heterocycles. The maximum absolute atomic E-state index is 14.2. The van der Waals surface area contributed by atoms with Gasteiger partial charge in [-0.2, -0.15) is 0 Å². The first kappa shape index (κ1) is 31.1. The number of nitrogens with zero attached hydrogens (tertiary/aromatic N) is 2. The second-order valence-corrected chi connectivity index (χ2v) is 13.1. The van der Waals surface area contributed by atoms with Crippen molar-refractivity contribution in [2.45, 2.75) is 76.9 Å². The Hall–Kier alpha value is -3.85. The molecule has 224 valence electrons. The maximum Gasteiger partial charge on any atom is 0.264 e. The Kier molecular flexibility index (Phi) is 9.93. The van der Waals surface area contributed by atoms with E-state index in [9.17, 15) is 18.0 Å². The van der Waals surface area contributed by atoms with E-state index in [0.29, 0.717) is 11.4 Å². The fourth-order valence-electron chi connectivity index (χ4n) is 5.36. The third-order valence-corrected chi connectivity index (χ3v) is 9.55. The minimum Gasteiger partial charge on any atom is -0.497 e. The number of amides is 2. The van der Waals surface area contributed by atoms with Gasteiger partial charge in [0.1, 0.15) is 18.3 Å². The number of rotatable bonds is 11. The van der Waals surface area contributed by atoms with Gasteiger partial charge in [0, 0.05) is 12.6 Å². The smallest absolute Gasteiger partial charge is 0.264 e. The van der Waals surface area contributed by atoms with Crippen molar-refractivity contribution in [1.29, 1.82) is 0 Å². The van der Waals surface area contributed by atoms with Crippen LogP contribution in [-0.2, 0) is 26.2 Å². The van der Waals surface area contributed by atoms with Gasteiger partial charge in [-0.15, -0.1) is 0 Å². The topological polar surface area (TPSA) is 96.0 Å². The molecule has 0 bridgehead atoms. The fraction of sp³-hybridized carbons (Fsp3) is 0.394. The predicted molar refractivity (Wildman–Crippen MR) is 165 cm³/mol. The second-order valence-electron chi connectivity index (χ2n) is 11.2. The number of ether oxygens (including phenoxy) is 1. The molecule has 0 saturated heterocycles. The number of aryl methyl sites for hydroxylation is 3. The van der Waals surface area contributed by atoms with Crippen LogP contribution in [0.2, 0.25) is 0 Å². The van der Waals surface area contributed by atoms with Gasteiger partial charge in [0.25, 0.3) is 10.0 Å². The van der Waals surface area contributed by atoms with E-state index in [4.69, 9.17) is 4.74 Å². The molecule has 1 N–H and O–H groups in total. The summed E-state index contributed by atoms with van der Waals surface area (Å²) in [6, 6.07) is 18.6. The Balaban J connectivity index is 1.70. The molecule has 1 saturated carbocycles. The molecular formula is C33H41N3O5S. The number of benzene rings is 3. The minimum absolute atomic E-state index is 0.0894. The van der Waals surface area contributed by atoms with E-state index in [2.05, 4.69) is 5.32 Å². The van der Waals surface area contributed by atoms with Gasteiger partial charge >= 0.3 is 0 Å². The first-order valence-corrected chi connectivity index (χ1v) is 15.8. The molecule has 0 aromatic heterocycles. The number of hydrogen-bond donors (Lipinski definition) is 1. The van der Waals surface area contributed by atoms with Crippen LogP contribution >= 0.6 is 0 Å². The van der Waals surface area contributed by atoms with Crippen LogP contribution in [-0.4, -0.2) is 50.9 Å². The molecular weight excluding hydrogens is 550 g/mol. The summed E-state index contributed by atoms with van der Waals surface area (Å²) >= 11 is 0. The Morgan fingerprint density at radius 2 is 1.50 bits per heavy atom. The summed E-state index contributed by atoms with van der Waals surface area (Å²) < 4.78 is 34.5. The lowest BCUT2D eigenvalue weighted by atomic mass is 10.1. The first-order valence-electron chi connectivity index (χ1n) is 14.4. The summed E-state index contributed by atoms with van der Waals surface area (Å²) in [5.41, 5.74) is 3.87. The molecule has 0 spiro atoms. The van der Waals surface area contributed by atoms with Crippen LogP contribution in [0.1, 0.15) is 54.9 Å². The van der Waals surface area contributed by atoms with E-state index in [1.54, 1.807) is 62.6 Å². The van der Waals surface area contributed by atoms with Crippen LogP contribution in [0.25, 0.3) is 0 Å². The minimum atomic E-state index is -4.11. The predicted octanol–water partition coefficient (Wildman–Crippen LogP) is 5.29. The third kappa shape index (κ3) is 7.50. The van der Waals surface area contributed by atoms with Gasteiger partial charge in [-0.25, -0.2) is 8.42 Å². The van der Waals surface area contributed by atoms with Crippen LogP contribution < -0.4 is 14.4 Å². The summed E-state index contributed by atoms with van der Waals surface area (Å²) in [7, 11) is -2.53. The number of carbonyl (C=O) groups is 2. The van der Waals surface area contributed by atoms with Crippen LogP contribution in [0, 0.1) is 20.8 Å². The van der Waals surface area contributed by atoms with Crippen molar-refractivity contribution < 1.29 is 22.7 Å². The molecule has 3 aromatic carbocycles. The molecule has 9 heteroatoms. The van der Waals surface area contributed by atoms with Crippen LogP contribution in [0.3, 0.4) is 0 Å². The lowest BCUT2D eigenvalue weighted by Crippen LogP contribution is -2.52. The van der Waals surface area contributed by atoms with Gasteiger partial charge in [-0.1, -0.05) is 48.7 Å². The number of hydrogen-bond acceptors (Lipinski definition) is 5. The summed E-state index contributed by atoms with van der Waals surface area (Å²) in [6.07, 6.45) is 3.96. The molecule has 42 heavy (non-hydrogen) atoms. The number of methoxy groups -OCH3 is 1. The van der Waals surface area contributed by atoms with Gasteiger partial charge in [0.2, 0.25) is 11.8 Å². The molecule has 0 radical (unpaired) electrons. The number of nitrogens with one attached hydrogen (secondary N) is 1. The van der Waals surface area contributed by atoms with Gasteiger partial charge in [-0.05, 0) is 93.6 Å². The van der Waals surface area contributed by atoms with Crippen molar-refractivity contribution >= 4 is 27.5 Å². The van der Waals surface area contributed by atoms with Crippen molar-refractivity contribution in [2.75, 3.05) is 18.0 Å². The molecule has 1 aliphatic carbocycles. The van der Waals surface area contributed by atoms with E-state index in [0.717, 1.165) is 52.2 Å². The average molecular weight is 592 g/mol. The molecule has 8 nitrogen and oxygen atoms in total. The maximum atomic E-state index is 14.2. The molecule has 0 heterocycles. The molecule has 1 aliphatic rings. The van der Waals surface area contributed by atoms with Crippen molar-refractivity contribution in [1.82, 2.24) is 10.2 Å².